The summed E-state index contributed by atoms with van der Waals surface area (Å²) in [6, 6.07) is 12.1. The van der Waals surface area contributed by atoms with Gasteiger partial charge in [-0.2, -0.15) is 0 Å². The second-order valence-corrected chi connectivity index (χ2v) is 6.53. The Hall–Kier alpha value is -1.65. The number of rotatable bonds is 5. The van der Waals surface area contributed by atoms with Gasteiger partial charge in [-0.1, -0.05) is 37.3 Å². The van der Waals surface area contributed by atoms with Gasteiger partial charge in [0, 0.05) is 23.7 Å². The predicted octanol–water partition coefficient (Wildman–Crippen LogP) is 4.32. The third-order valence-electron chi connectivity index (χ3n) is 3.55. The van der Waals surface area contributed by atoms with Crippen LogP contribution in [0.15, 0.2) is 41.2 Å². The number of fused-ring (bicyclic) bond motifs is 1. The Bertz CT molecular complexity index is 839. The first-order chi connectivity index (χ1) is 10.7. The normalized spacial score (nSPS) is 11.2. The summed E-state index contributed by atoms with van der Waals surface area (Å²) < 4.78 is 1.77. The first kappa shape index (κ1) is 15.3. The fourth-order valence-corrected chi connectivity index (χ4v) is 3.75. The van der Waals surface area contributed by atoms with E-state index in [1.165, 1.54) is 0 Å². The van der Waals surface area contributed by atoms with Gasteiger partial charge in [0.2, 0.25) is 0 Å². The van der Waals surface area contributed by atoms with Crippen molar-refractivity contribution in [3.8, 4) is 10.4 Å². The van der Waals surface area contributed by atoms with Crippen LogP contribution in [0.2, 0.25) is 0 Å². The summed E-state index contributed by atoms with van der Waals surface area (Å²) in [6.07, 6.45) is 1.52. The second kappa shape index (κ2) is 6.63. The van der Waals surface area contributed by atoms with Gasteiger partial charge < -0.3 is 0 Å². The van der Waals surface area contributed by atoms with Crippen LogP contribution in [0.1, 0.15) is 19.2 Å². The largest absolute Gasteiger partial charge is 0.296 e. The fraction of sp³-hybridized carbons (Fsp3) is 0.294. The van der Waals surface area contributed by atoms with E-state index in [0.717, 1.165) is 27.5 Å². The maximum absolute atomic E-state index is 12.7. The molecule has 0 aliphatic rings. The number of halogens is 1. The van der Waals surface area contributed by atoms with Crippen molar-refractivity contribution in [1.29, 1.82) is 0 Å². The molecule has 114 valence electrons. The van der Waals surface area contributed by atoms with Crippen LogP contribution in [0.5, 0.6) is 0 Å². The highest BCUT2D eigenvalue weighted by atomic mass is 35.5. The van der Waals surface area contributed by atoms with Crippen molar-refractivity contribution >= 4 is 33.2 Å². The summed E-state index contributed by atoms with van der Waals surface area (Å²) in [7, 11) is 0. The minimum atomic E-state index is 0.0467. The Morgan fingerprint density at radius 2 is 2.05 bits per heavy atom. The smallest absolute Gasteiger partial charge is 0.262 e. The monoisotopic (exact) mass is 332 g/mol. The molecule has 0 bridgehead atoms. The molecule has 3 rings (SSSR count). The van der Waals surface area contributed by atoms with Crippen LogP contribution in [-0.2, 0) is 13.0 Å². The van der Waals surface area contributed by atoms with Crippen molar-refractivity contribution in [2.45, 2.75) is 26.3 Å². The molecular formula is C17H17ClN2OS. The molecule has 2 aromatic heterocycles. The van der Waals surface area contributed by atoms with Crippen molar-refractivity contribution in [3.05, 3.63) is 52.6 Å². The zero-order valence-corrected chi connectivity index (χ0v) is 14.0. The quantitative estimate of drug-likeness (QED) is 0.652. The highest BCUT2D eigenvalue weighted by molar-refractivity contribution is 7.21. The lowest BCUT2D eigenvalue weighted by Crippen LogP contribution is -2.25. The van der Waals surface area contributed by atoms with Gasteiger partial charge >= 0.3 is 0 Å². The van der Waals surface area contributed by atoms with E-state index in [1.807, 2.05) is 24.3 Å². The van der Waals surface area contributed by atoms with Gasteiger partial charge in [-0.05, 0) is 18.1 Å². The van der Waals surface area contributed by atoms with Crippen LogP contribution in [0.4, 0.5) is 0 Å². The molecule has 3 aromatic rings. The van der Waals surface area contributed by atoms with Crippen molar-refractivity contribution < 1.29 is 0 Å². The van der Waals surface area contributed by atoms with Crippen molar-refractivity contribution in [2.24, 2.45) is 0 Å². The summed E-state index contributed by atoms with van der Waals surface area (Å²) in [4.78, 5) is 19.3. The summed E-state index contributed by atoms with van der Waals surface area (Å²) in [6.45, 7) is 2.74. The number of hydrogen-bond donors (Lipinski definition) is 0. The van der Waals surface area contributed by atoms with Crippen molar-refractivity contribution in [1.82, 2.24) is 9.55 Å². The molecular weight excluding hydrogens is 316 g/mol. The Kier molecular flexibility index (Phi) is 4.60. The molecule has 0 spiro atoms. The van der Waals surface area contributed by atoms with E-state index in [9.17, 15) is 4.79 Å². The molecule has 0 saturated heterocycles. The number of hydrogen-bond acceptors (Lipinski definition) is 3. The molecule has 0 amide bonds. The molecule has 22 heavy (non-hydrogen) atoms. The molecule has 0 radical (unpaired) electrons. The average Bonchev–Trinajstić information content (AvgIpc) is 2.97. The molecule has 5 heteroatoms. The van der Waals surface area contributed by atoms with Crippen molar-refractivity contribution in [2.75, 3.05) is 5.88 Å². The van der Waals surface area contributed by atoms with Gasteiger partial charge in [0.1, 0.15) is 10.7 Å². The standard InChI is InChI=1S/C17H17ClN2OS/c1-2-10-20-15(8-9-18)19-16-13(17(20)21)11-14(22-16)12-6-4-3-5-7-12/h3-7,11H,2,8-10H2,1H3. The molecule has 2 heterocycles. The molecule has 0 N–H and O–H groups in total. The van der Waals surface area contributed by atoms with Gasteiger partial charge in [-0.15, -0.1) is 22.9 Å². The molecule has 0 atom stereocenters. The molecule has 0 fully saturated rings. The number of aryl methyl sites for hydroxylation is 1. The lowest BCUT2D eigenvalue weighted by molar-refractivity contribution is 0.611. The van der Waals surface area contributed by atoms with Crippen molar-refractivity contribution in [3.63, 3.8) is 0 Å². The molecule has 0 saturated carbocycles. The SMILES string of the molecule is CCCn1c(CCCl)nc2sc(-c3ccccc3)cc2c1=O. The Morgan fingerprint density at radius 3 is 2.73 bits per heavy atom. The van der Waals surface area contributed by atoms with Crippen LogP contribution in [0.25, 0.3) is 20.7 Å². The lowest BCUT2D eigenvalue weighted by Gasteiger charge is -2.09. The van der Waals surface area contributed by atoms with Gasteiger partial charge in [0.05, 0.1) is 5.39 Å². The minimum Gasteiger partial charge on any atom is -0.296 e. The maximum atomic E-state index is 12.7. The molecule has 0 aliphatic heterocycles. The third kappa shape index (κ3) is 2.81. The van der Waals surface area contributed by atoms with Crippen LogP contribution in [-0.4, -0.2) is 15.4 Å². The lowest BCUT2D eigenvalue weighted by atomic mass is 10.2. The fourth-order valence-electron chi connectivity index (χ4n) is 2.53. The molecule has 0 unspecified atom stereocenters. The number of thiophene rings is 1. The van der Waals surface area contributed by atoms with Crippen LogP contribution >= 0.6 is 22.9 Å². The zero-order valence-electron chi connectivity index (χ0n) is 12.4. The molecule has 3 nitrogen and oxygen atoms in total. The number of nitrogens with zero attached hydrogens (tertiary/aromatic N) is 2. The first-order valence-corrected chi connectivity index (χ1v) is 8.74. The highest BCUT2D eigenvalue weighted by Gasteiger charge is 2.14. The van der Waals surface area contributed by atoms with E-state index in [4.69, 9.17) is 11.6 Å². The van der Waals surface area contributed by atoms with E-state index in [-0.39, 0.29) is 5.56 Å². The van der Waals surface area contributed by atoms with Gasteiger partial charge in [-0.3, -0.25) is 9.36 Å². The summed E-state index contributed by atoms with van der Waals surface area (Å²) in [5.74, 6) is 1.26. The third-order valence-corrected chi connectivity index (χ3v) is 4.82. The summed E-state index contributed by atoms with van der Waals surface area (Å²) in [5, 5.41) is 0.704. The number of alkyl halides is 1. The first-order valence-electron chi connectivity index (χ1n) is 7.39. The number of benzene rings is 1. The van der Waals surface area contributed by atoms with Crippen LogP contribution < -0.4 is 5.56 Å². The van der Waals surface area contributed by atoms with Crippen LogP contribution in [0.3, 0.4) is 0 Å². The van der Waals surface area contributed by atoms with Crippen LogP contribution in [0, 0.1) is 0 Å². The highest BCUT2D eigenvalue weighted by Crippen LogP contribution is 2.31. The zero-order chi connectivity index (χ0) is 15.5. The average molecular weight is 333 g/mol. The Balaban J connectivity index is 2.19. The molecule has 1 aromatic carbocycles. The van der Waals surface area contributed by atoms with E-state index >= 15 is 0 Å². The van der Waals surface area contributed by atoms with Gasteiger partial charge in [0.15, 0.2) is 0 Å². The molecule has 0 aliphatic carbocycles. The maximum Gasteiger partial charge on any atom is 0.262 e. The topological polar surface area (TPSA) is 34.9 Å². The summed E-state index contributed by atoms with van der Waals surface area (Å²) in [5.41, 5.74) is 1.16. The van der Waals surface area contributed by atoms with Gasteiger partial charge in [-0.25, -0.2) is 4.98 Å². The van der Waals surface area contributed by atoms with E-state index in [2.05, 4.69) is 24.0 Å². The van der Waals surface area contributed by atoms with E-state index in [0.29, 0.717) is 24.2 Å². The number of aromatic nitrogens is 2. The van der Waals surface area contributed by atoms with E-state index < -0.39 is 0 Å². The minimum absolute atomic E-state index is 0.0467. The summed E-state index contributed by atoms with van der Waals surface area (Å²) >= 11 is 7.42. The second-order valence-electron chi connectivity index (χ2n) is 5.12. The van der Waals surface area contributed by atoms with E-state index in [1.54, 1.807) is 15.9 Å². The van der Waals surface area contributed by atoms with Gasteiger partial charge in [0.25, 0.3) is 5.56 Å². The Morgan fingerprint density at radius 1 is 1.27 bits per heavy atom. The Labute approximate surface area is 138 Å². The predicted molar refractivity (Wildman–Crippen MR) is 94.0 cm³/mol.